The van der Waals surface area contributed by atoms with Gasteiger partial charge in [0.1, 0.15) is 0 Å². The van der Waals surface area contributed by atoms with Gasteiger partial charge in [-0.1, -0.05) is 43.7 Å². The molecule has 7 heteroatoms. The first-order valence-electron chi connectivity index (χ1n) is 11.4. The summed E-state index contributed by atoms with van der Waals surface area (Å²) in [6, 6.07) is 10.4. The van der Waals surface area contributed by atoms with E-state index in [1.165, 1.54) is 11.1 Å². The van der Waals surface area contributed by atoms with Crippen LogP contribution in [0.1, 0.15) is 49.2 Å². The Hall–Kier alpha value is -2.38. The molecule has 172 valence electrons. The van der Waals surface area contributed by atoms with Crippen LogP contribution in [0.2, 0.25) is 0 Å². The van der Waals surface area contributed by atoms with Crippen LogP contribution in [-0.2, 0) is 22.6 Å². The second-order valence-corrected chi connectivity index (χ2v) is 7.49. The van der Waals surface area contributed by atoms with Crippen molar-refractivity contribution in [2.45, 2.75) is 53.6 Å². The Balaban J connectivity index is 1.82. The summed E-state index contributed by atoms with van der Waals surface area (Å²) in [6.07, 6.45) is 2.26. The number of ether oxygens (including phenoxy) is 2. The zero-order valence-corrected chi connectivity index (χ0v) is 19.6. The zero-order chi connectivity index (χ0) is 22.3. The van der Waals surface area contributed by atoms with Crippen LogP contribution >= 0.6 is 0 Å². The third-order valence-corrected chi connectivity index (χ3v) is 5.00. The van der Waals surface area contributed by atoms with Crippen LogP contribution in [0, 0.1) is 13.8 Å². The van der Waals surface area contributed by atoms with E-state index >= 15 is 0 Å². The van der Waals surface area contributed by atoms with Gasteiger partial charge in [-0.15, -0.1) is 0 Å². The molecule has 31 heavy (non-hydrogen) atoms. The lowest BCUT2D eigenvalue weighted by Crippen LogP contribution is -2.39. The van der Waals surface area contributed by atoms with Gasteiger partial charge in [0.2, 0.25) is 0 Å². The average molecular weight is 430 g/mol. The smallest absolute Gasteiger partial charge is 0.191 e. The lowest BCUT2D eigenvalue weighted by atomic mass is 10.2. The molecule has 0 unspecified atom stereocenters. The Morgan fingerprint density at radius 3 is 2.45 bits per heavy atom. The number of aromatic nitrogens is 2. The van der Waals surface area contributed by atoms with Gasteiger partial charge in [-0.2, -0.15) is 5.10 Å². The number of nitrogens with one attached hydrogen (secondary N) is 2. The highest BCUT2D eigenvalue weighted by Crippen LogP contribution is 2.16. The number of aryl methyl sites for hydroxylation is 1. The number of unbranched alkanes of at least 4 members (excludes halogenated alkanes) is 1. The first-order chi connectivity index (χ1) is 15.2. The SMILES string of the molecule is CCCCOCCOCCNC(=NCc1c(C)nn(Cc2ccccc2)c1C)NCC. The van der Waals surface area contributed by atoms with Crippen molar-refractivity contribution in [3.63, 3.8) is 0 Å². The summed E-state index contributed by atoms with van der Waals surface area (Å²) in [7, 11) is 0. The minimum Gasteiger partial charge on any atom is -0.379 e. The predicted octanol–water partition coefficient (Wildman–Crippen LogP) is 3.44. The van der Waals surface area contributed by atoms with Crippen LogP contribution in [0.5, 0.6) is 0 Å². The number of hydrogen-bond donors (Lipinski definition) is 2. The predicted molar refractivity (Wildman–Crippen MR) is 127 cm³/mol. The number of rotatable bonds is 14. The molecule has 1 heterocycles. The van der Waals surface area contributed by atoms with Gasteiger partial charge < -0.3 is 20.1 Å². The van der Waals surface area contributed by atoms with Gasteiger partial charge in [-0.25, -0.2) is 4.99 Å². The fourth-order valence-electron chi connectivity index (χ4n) is 3.18. The fraction of sp³-hybridized carbons (Fsp3) is 0.583. The summed E-state index contributed by atoms with van der Waals surface area (Å²) in [6.45, 7) is 14.0. The molecule has 1 aromatic heterocycles. The van der Waals surface area contributed by atoms with E-state index in [0.29, 0.717) is 32.9 Å². The Labute approximate surface area is 187 Å². The van der Waals surface area contributed by atoms with Crippen LogP contribution in [0.15, 0.2) is 35.3 Å². The molecule has 0 aliphatic rings. The molecule has 2 N–H and O–H groups in total. The maximum absolute atomic E-state index is 5.62. The fourth-order valence-corrected chi connectivity index (χ4v) is 3.18. The summed E-state index contributed by atoms with van der Waals surface area (Å²) < 4.78 is 13.2. The summed E-state index contributed by atoms with van der Waals surface area (Å²) in [5.74, 6) is 0.792. The monoisotopic (exact) mass is 429 g/mol. The molecule has 0 saturated heterocycles. The number of hydrogen-bond acceptors (Lipinski definition) is 4. The van der Waals surface area contributed by atoms with Gasteiger partial charge in [-0.3, -0.25) is 4.68 Å². The second kappa shape index (κ2) is 14.6. The minimum absolute atomic E-state index is 0.591. The van der Waals surface area contributed by atoms with Crippen LogP contribution < -0.4 is 10.6 Å². The highest BCUT2D eigenvalue weighted by Gasteiger charge is 2.11. The Morgan fingerprint density at radius 2 is 1.74 bits per heavy atom. The summed E-state index contributed by atoms with van der Waals surface area (Å²) in [5.41, 5.74) is 4.61. The molecule has 2 rings (SSSR count). The molecule has 1 aromatic carbocycles. The normalized spacial score (nSPS) is 11.7. The van der Waals surface area contributed by atoms with Crippen LogP contribution in [0.3, 0.4) is 0 Å². The molecular weight excluding hydrogens is 390 g/mol. The van der Waals surface area contributed by atoms with Crippen LogP contribution in [-0.4, -0.2) is 55.3 Å². The number of aliphatic imine (C=N–C) groups is 1. The van der Waals surface area contributed by atoms with Crippen molar-refractivity contribution in [1.29, 1.82) is 0 Å². The largest absolute Gasteiger partial charge is 0.379 e. The van der Waals surface area contributed by atoms with Gasteiger partial charge in [-0.05, 0) is 32.8 Å². The number of benzene rings is 1. The minimum atomic E-state index is 0.591. The van der Waals surface area contributed by atoms with E-state index in [-0.39, 0.29) is 0 Å². The van der Waals surface area contributed by atoms with Gasteiger partial charge in [0.05, 0.1) is 38.6 Å². The van der Waals surface area contributed by atoms with Crippen molar-refractivity contribution in [2.24, 2.45) is 4.99 Å². The van der Waals surface area contributed by atoms with E-state index in [9.17, 15) is 0 Å². The van der Waals surface area contributed by atoms with E-state index in [2.05, 4.69) is 67.3 Å². The van der Waals surface area contributed by atoms with E-state index in [4.69, 9.17) is 19.6 Å². The highest BCUT2D eigenvalue weighted by atomic mass is 16.5. The molecule has 0 amide bonds. The average Bonchev–Trinajstić information content (AvgIpc) is 3.03. The second-order valence-electron chi connectivity index (χ2n) is 7.49. The third-order valence-electron chi connectivity index (χ3n) is 5.00. The molecule has 0 aliphatic carbocycles. The quantitative estimate of drug-likeness (QED) is 0.273. The van der Waals surface area contributed by atoms with Crippen molar-refractivity contribution < 1.29 is 9.47 Å². The maximum Gasteiger partial charge on any atom is 0.191 e. The maximum atomic E-state index is 5.62. The van der Waals surface area contributed by atoms with Crippen LogP contribution in [0.25, 0.3) is 0 Å². The van der Waals surface area contributed by atoms with Crippen molar-refractivity contribution in [3.05, 3.63) is 52.8 Å². The van der Waals surface area contributed by atoms with E-state index in [1.807, 2.05) is 6.07 Å². The highest BCUT2D eigenvalue weighted by molar-refractivity contribution is 5.79. The van der Waals surface area contributed by atoms with Crippen molar-refractivity contribution >= 4 is 5.96 Å². The Kier molecular flexibility index (Phi) is 11.7. The van der Waals surface area contributed by atoms with Crippen molar-refractivity contribution in [2.75, 3.05) is 39.5 Å². The third kappa shape index (κ3) is 9.11. The molecule has 0 saturated carbocycles. The van der Waals surface area contributed by atoms with Gasteiger partial charge in [0.15, 0.2) is 5.96 Å². The first kappa shape index (κ1) is 24.9. The molecule has 0 aliphatic heterocycles. The number of guanidine groups is 1. The van der Waals surface area contributed by atoms with E-state index < -0.39 is 0 Å². The van der Waals surface area contributed by atoms with E-state index in [1.54, 1.807) is 0 Å². The van der Waals surface area contributed by atoms with Gasteiger partial charge in [0, 0.05) is 31.0 Å². The molecule has 7 nitrogen and oxygen atoms in total. The molecule has 0 radical (unpaired) electrons. The molecular formula is C24H39N5O2. The summed E-state index contributed by atoms with van der Waals surface area (Å²) in [5, 5.41) is 11.4. The molecule has 0 fully saturated rings. The standard InChI is InChI=1S/C24H39N5O2/c1-5-7-14-30-16-17-31-15-13-26-24(25-6-2)27-18-23-20(3)28-29(21(23)4)19-22-11-9-8-10-12-22/h8-12H,5-7,13-19H2,1-4H3,(H2,25,26,27). The van der Waals surface area contributed by atoms with E-state index in [0.717, 1.165) is 49.9 Å². The van der Waals surface area contributed by atoms with Crippen molar-refractivity contribution in [3.8, 4) is 0 Å². The molecule has 0 atom stereocenters. The number of nitrogens with zero attached hydrogens (tertiary/aromatic N) is 3. The first-order valence-corrected chi connectivity index (χ1v) is 11.4. The molecule has 0 spiro atoms. The van der Waals surface area contributed by atoms with Crippen LogP contribution in [0.4, 0.5) is 0 Å². The molecule has 2 aromatic rings. The Bertz CT molecular complexity index is 774. The lowest BCUT2D eigenvalue weighted by molar-refractivity contribution is 0.0487. The lowest BCUT2D eigenvalue weighted by Gasteiger charge is -2.12. The summed E-state index contributed by atoms with van der Waals surface area (Å²) in [4.78, 5) is 4.75. The van der Waals surface area contributed by atoms with Crippen molar-refractivity contribution in [1.82, 2.24) is 20.4 Å². The summed E-state index contributed by atoms with van der Waals surface area (Å²) >= 11 is 0. The van der Waals surface area contributed by atoms with Gasteiger partial charge >= 0.3 is 0 Å². The zero-order valence-electron chi connectivity index (χ0n) is 19.6. The Morgan fingerprint density at radius 1 is 1.00 bits per heavy atom. The topological polar surface area (TPSA) is 72.7 Å². The van der Waals surface area contributed by atoms with Gasteiger partial charge in [0.25, 0.3) is 0 Å². The molecule has 0 bridgehead atoms.